The van der Waals surface area contributed by atoms with Crippen LogP contribution in [0.1, 0.15) is 9.67 Å². The van der Waals surface area contributed by atoms with Crippen molar-refractivity contribution in [3.8, 4) is 5.75 Å². The summed E-state index contributed by atoms with van der Waals surface area (Å²) in [5.74, 6) is -1.68. The SMILES string of the molecule is O=C(COc1cc(F)cc(F)c1)c1cccs1. The van der Waals surface area contributed by atoms with E-state index in [1.807, 2.05) is 0 Å². The molecule has 2 rings (SSSR count). The Morgan fingerprint density at radius 2 is 1.94 bits per heavy atom. The Kier molecular flexibility index (Phi) is 3.49. The molecular formula is C12H8F2O2S. The second-order valence-corrected chi connectivity index (χ2v) is 4.24. The van der Waals surface area contributed by atoms with Gasteiger partial charge in [-0.25, -0.2) is 8.78 Å². The predicted octanol–water partition coefficient (Wildman–Crippen LogP) is 3.29. The number of halogens is 2. The zero-order chi connectivity index (χ0) is 12.3. The highest BCUT2D eigenvalue weighted by Crippen LogP contribution is 2.16. The summed E-state index contributed by atoms with van der Waals surface area (Å²) in [6.45, 7) is -0.233. The summed E-state index contributed by atoms with van der Waals surface area (Å²) < 4.78 is 30.7. The Hall–Kier alpha value is -1.75. The van der Waals surface area contributed by atoms with E-state index in [-0.39, 0.29) is 18.1 Å². The van der Waals surface area contributed by atoms with E-state index in [0.717, 1.165) is 18.2 Å². The van der Waals surface area contributed by atoms with Gasteiger partial charge in [0.15, 0.2) is 6.61 Å². The largest absolute Gasteiger partial charge is 0.485 e. The number of hydrogen-bond donors (Lipinski definition) is 0. The van der Waals surface area contributed by atoms with Gasteiger partial charge in [-0.15, -0.1) is 11.3 Å². The lowest BCUT2D eigenvalue weighted by Gasteiger charge is -2.04. The molecule has 0 amide bonds. The van der Waals surface area contributed by atoms with Gasteiger partial charge in [-0.05, 0) is 11.4 Å². The minimum Gasteiger partial charge on any atom is -0.485 e. The van der Waals surface area contributed by atoms with Crippen molar-refractivity contribution in [1.29, 1.82) is 0 Å². The maximum atomic E-state index is 12.8. The molecular weight excluding hydrogens is 246 g/mol. The van der Waals surface area contributed by atoms with Crippen LogP contribution >= 0.6 is 11.3 Å². The molecule has 0 aliphatic heterocycles. The monoisotopic (exact) mass is 254 g/mol. The Bertz CT molecular complexity index is 503. The number of rotatable bonds is 4. The van der Waals surface area contributed by atoms with Crippen molar-refractivity contribution >= 4 is 17.1 Å². The Morgan fingerprint density at radius 1 is 1.24 bits per heavy atom. The number of ketones is 1. The highest BCUT2D eigenvalue weighted by molar-refractivity contribution is 7.12. The molecule has 1 heterocycles. The van der Waals surface area contributed by atoms with E-state index in [0.29, 0.717) is 4.88 Å². The molecule has 17 heavy (non-hydrogen) atoms. The molecule has 0 atom stereocenters. The lowest BCUT2D eigenvalue weighted by molar-refractivity contribution is 0.0925. The number of carbonyl (C=O) groups excluding carboxylic acids is 1. The molecule has 0 radical (unpaired) electrons. The van der Waals surface area contributed by atoms with Crippen LogP contribution in [-0.2, 0) is 0 Å². The van der Waals surface area contributed by atoms with Crippen LogP contribution in [-0.4, -0.2) is 12.4 Å². The molecule has 0 N–H and O–H groups in total. The van der Waals surface area contributed by atoms with E-state index in [2.05, 4.69) is 0 Å². The number of Topliss-reactive ketones (excluding diaryl/α,β-unsaturated/α-hetero) is 1. The third kappa shape index (κ3) is 3.10. The zero-order valence-corrected chi connectivity index (χ0v) is 9.47. The summed E-state index contributed by atoms with van der Waals surface area (Å²) in [5.41, 5.74) is 0. The summed E-state index contributed by atoms with van der Waals surface area (Å²) in [5, 5.41) is 1.77. The van der Waals surface area contributed by atoms with E-state index < -0.39 is 11.6 Å². The summed E-state index contributed by atoms with van der Waals surface area (Å²) in [4.78, 5) is 12.1. The first-order chi connectivity index (χ1) is 8.15. The molecule has 5 heteroatoms. The van der Waals surface area contributed by atoms with Gasteiger partial charge >= 0.3 is 0 Å². The van der Waals surface area contributed by atoms with Crippen molar-refractivity contribution in [3.05, 3.63) is 52.2 Å². The number of benzene rings is 1. The molecule has 0 unspecified atom stereocenters. The first-order valence-electron chi connectivity index (χ1n) is 4.81. The lowest BCUT2D eigenvalue weighted by atomic mass is 10.3. The summed E-state index contributed by atoms with van der Waals surface area (Å²) in [6, 6.07) is 6.23. The fourth-order valence-electron chi connectivity index (χ4n) is 1.27. The standard InChI is InChI=1S/C12H8F2O2S/c13-8-4-9(14)6-10(5-8)16-7-11(15)12-2-1-3-17-12/h1-6H,7H2. The molecule has 0 saturated carbocycles. The molecule has 0 aliphatic rings. The highest BCUT2D eigenvalue weighted by Gasteiger charge is 2.08. The second-order valence-electron chi connectivity index (χ2n) is 3.29. The lowest BCUT2D eigenvalue weighted by Crippen LogP contribution is -2.10. The van der Waals surface area contributed by atoms with Gasteiger partial charge in [0, 0.05) is 18.2 Å². The Labute approximate surface area is 100 Å². The van der Waals surface area contributed by atoms with Crippen molar-refractivity contribution in [2.24, 2.45) is 0 Å². The van der Waals surface area contributed by atoms with E-state index in [4.69, 9.17) is 4.74 Å². The van der Waals surface area contributed by atoms with Gasteiger partial charge in [0.1, 0.15) is 17.4 Å². The molecule has 0 spiro atoms. The van der Waals surface area contributed by atoms with Gasteiger partial charge in [0.05, 0.1) is 4.88 Å². The quantitative estimate of drug-likeness (QED) is 0.782. The molecule has 0 saturated heterocycles. The average molecular weight is 254 g/mol. The molecule has 2 nitrogen and oxygen atoms in total. The van der Waals surface area contributed by atoms with Gasteiger partial charge < -0.3 is 4.74 Å². The molecule has 1 aromatic carbocycles. The Morgan fingerprint density at radius 3 is 2.53 bits per heavy atom. The molecule has 0 fully saturated rings. The van der Waals surface area contributed by atoms with Crippen LogP contribution in [0.3, 0.4) is 0 Å². The van der Waals surface area contributed by atoms with Crippen LogP contribution in [0, 0.1) is 11.6 Å². The van der Waals surface area contributed by atoms with Gasteiger partial charge in [-0.1, -0.05) is 6.07 Å². The smallest absolute Gasteiger partial charge is 0.210 e. The first kappa shape index (κ1) is 11.7. The topological polar surface area (TPSA) is 26.3 Å². The summed E-state index contributed by atoms with van der Waals surface area (Å²) in [6.07, 6.45) is 0. The minimum atomic E-state index is -0.733. The second kappa shape index (κ2) is 5.05. The van der Waals surface area contributed by atoms with Crippen LogP contribution < -0.4 is 4.74 Å². The summed E-state index contributed by atoms with van der Waals surface area (Å²) >= 11 is 1.29. The number of carbonyl (C=O) groups is 1. The molecule has 2 aromatic rings. The van der Waals surface area contributed by atoms with Crippen LogP contribution in [0.25, 0.3) is 0 Å². The third-order valence-corrected chi connectivity index (χ3v) is 2.91. The van der Waals surface area contributed by atoms with Crippen molar-refractivity contribution in [3.63, 3.8) is 0 Å². The van der Waals surface area contributed by atoms with Crippen LogP contribution in [0.2, 0.25) is 0 Å². The van der Waals surface area contributed by atoms with Gasteiger partial charge in [0.2, 0.25) is 5.78 Å². The number of ether oxygens (including phenoxy) is 1. The molecule has 0 bridgehead atoms. The van der Waals surface area contributed by atoms with E-state index >= 15 is 0 Å². The van der Waals surface area contributed by atoms with Crippen molar-refractivity contribution in [2.45, 2.75) is 0 Å². The summed E-state index contributed by atoms with van der Waals surface area (Å²) in [7, 11) is 0. The number of hydrogen-bond acceptors (Lipinski definition) is 3. The average Bonchev–Trinajstić information content (AvgIpc) is 2.78. The van der Waals surface area contributed by atoms with Gasteiger partial charge in [-0.3, -0.25) is 4.79 Å². The molecule has 0 aliphatic carbocycles. The van der Waals surface area contributed by atoms with E-state index in [1.165, 1.54) is 11.3 Å². The fraction of sp³-hybridized carbons (Fsp3) is 0.0833. The van der Waals surface area contributed by atoms with Crippen molar-refractivity contribution in [2.75, 3.05) is 6.61 Å². The van der Waals surface area contributed by atoms with E-state index in [9.17, 15) is 13.6 Å². The Balaban J connectivity index is 2.00. The molecule has 88 valence electrons. The van der Waals surface area contributed by atoms with Crippen molar-refractivity contribution < 1.29 is 18.3 Å². The normalized spacial score (nSPS) is 10.2. The van der Waals surface area contributed by atoms with Crippen LogP contribution in [0.15, 0.2) is 35.7 Å². The van der Waals surface area contributed by atoms with E-state index in [1.54, 1.807) is 17.5 Å². The zero-order valence-electron chi connectivity index (χ0n) is 8.65. The van der Waals surface area contributed by atoms with Crippen LogP contribution in [0.4, 0.5) is 8.78 Å². The maximum Gasteiger partial charge on any atom is 0.210 e. The van der Waals surface area contributed by atoms with Crippen LogP contribution in [0.5, 0.6) is 5.75 Å². The van der Waals surface area contributed by atoms with Gasteiger partial charge in [-0.2, -0.15) is 0 Å². The number of thiophene rings is 1. The highest BCUT2D eigenvalue weighted by atomic mass is 32.1. The third-order valence-electron chi connectivity index (χ3n) is 2.00. The minimum absolute atomic E-state index is 0.00686. The predicted molar refractivity (Wildman–Crippen MR) is 60.5 cm³/mol. The molecule has 1 aromatic heterocycles. The van der Waals surface area contributed by atoms with Crippen molar-refractivity contribution in [1.82, 2.24) is 0 Å². The first-order valence-corrected chi connectivity index (χ1v) is 5.69. The maximum absolute atomic E-state index is 12.8. The van der Waals surface area contributed by atoms with Gasteiger partial charge in [0.25, 0.3) is 0 Å². The fourth-order valence-corrected chi connectivity index (χ4v) is 1.92.